The van der Waals surface area contributed by atoms with Crippen LogP contribution < -0.4 is 5.73 Å². The Hall–Kier alpha value is -0.610. The molecule has 1 aliphatic rings. The molecule has 118 valence electrons. The molecule has 4 heteroatoms. The van der Waals surface area contributed by atoms with Crippen LogP contribution in [0.5, 0.6) is 0 Å². The van der Waals surface area contributed by atoms with Gasteiger partial charge in [-0.3, -0.25) is 4.79 Å². The Kier molecular flexibility index (Phi) is 8.15. The van der Waals surface area contributed by atoms with Gasteiger partial charge in [-0.1, -0.05) is 12.8 Å². The predicted molar refractivity (Wildman–Crippen MR) is 84.6 cm³/mol. The van der Waals surface area contributed by atoms with Crippen molar-refractivity contribution in [3.05, 3.63) is 0 Å². The highest BCUT2D eigenvalue weighted by molar-refractivity contribution is 5.76. The summed E-state index contributed by atoms with van der Waals surface area (Å²) in [5.74, 6) is 0.939. The number of rotatable bonds is 8. The van der Waals surface area contributed by atoms with E-state index in [1.54, 1.807) is 0 Å². The quantitative estimate of drug-likeness (QED) is 0.742. The van der Waals surface area contributed by atoms with Gasteiger partial charge in [0.1, 0.15) is 0 Å². The summed E-state index contributed by atoms with van der Waals surface area (Å²) >= 11 is 0. The van der Waals surface area contributed by atoms with Crippen molar-refractivity contribution in [1.29, 1.82) is 0 Å². The smallest absolute Gasteiger partial charge is 0.222 e. The highest BCUT2D eigenvalue weighted by Gasteiger charge is 2.26. The van der Waals surface area contributed by atoms with Gasteiger partial charge in [-0.05, 0) is 59.2 Å². The van der Waals surface area contributed by atoms with Crippen LogP contribution in [0.4, 0.5) is 0 Å². The fraction of sp³-hybridized carbons (Fsp3) is 0.938. The fourth-order valence-corrected chi connectivity index (χ4v) is 3.42. The summed E-state index contributed by atoms with van der Waals surface area (Å²) in [5.41, 5.74) is 5.90. The molecule has 0 aromatic heterocycles. The Morgan fingerprint density at radius 3 is 2.45 bits per heavy atom. The standard InChI is InChI=1S/C16H33N3O/c1-4-19(5-2)16(20)11-8-12-18(3)15-10-7-6-9-14(15)13-17/h14-15H,4-13,17H2,1-3H3. The third-order valence-corrected chi connectivity index (χ3v) is 4.76. The second kappa shape index (κ2) is 9.35. The van der Waals surface area contributed by atoms with E-state index in [4.69, 9.17) is 5.73 Å². The number of carbonyl (C=O) groups excluding carboxylic acids is 1. The molecule has 0 aliphatic heterocycles. The lowest BCUT2D eigenvalue weighted by Gasteiger charge is -2.37. The summed E-state index contributed by atoms with van der Waals surface area (Å²) < 4.78 is 0. The molecule has 0 bridgehead atoms. The molecule has 1 aliphatic carbocycles. The maximum atomic E-state index is 12.0. The first kappa shape index (κ1) is 17.4. The van der Waals surface area contributed by atoms with Crippen LogP contribution in [-0.2, 0) is 4.79 Å². The Bertz CT molecular complexity index is 279. The van der Waals surface area contributed by atoms with Gasteiger partial charge in [-0.25, -0.2) is 0 Å². The molecular weight excluding hydrogens is 250 g/mol. The molecule has 2 atom stereocenters. The molecule has 4 nitrogen and oxygen atoms in total. The lowest BCUT2D eigenvalue weighted by molar-refractivity contribution is -0.131. The van der Waals surface area contributed by atoms with Crippen LogP contribution in [0, 0.1) is 5.92 Å². The van der Waals surface area contributed by atoms with Gasteiger partial charge in [-0.2, -0.15) is 0 Å². The average Bonchev–Trinajstić information content (AvgIpc) is 2.48. The number of nitrogens with two attached hydrogens (primary N) is 1. The molecule has 1 fully saturated rings. The normalized spacial score (nSPS) is 23.1. The van der Waals surface area contributed by atoms with Crippen molar-refractivity contribution in [3.8, 4) is 0 Å². The first-order valence-corrected chi connectivity index (χ1v) is 8.32. The number of hydrogen-bond acceptors (Lipinski definition) is 3. The molecule has 0 heterocycles. The molecule has 0 aromatic carbocycles. The van der Waals surface area contributed by atoms with Crippen molar-refractivity contribution in [2.45, 2.75) is 58.4 Å². The molecule has 2 N–H and O–H groups in total. The lowest BCUT2D eigenvalue weighted by atomic mass is 9.83. The van der Waals surface area contributed by atoms with Gasteiger partial charge in [0, 0.05) is 25.6 Å². The Balaban J connectivity index is 2.31. The van der Waals surface area contributed by atoms with Gasteiger partial charge in [0.15, 0.2) is 0 Å². The Morgan fingerprint density at radius 1 is 1.20 bits per heavy atom. The van der Waals surface area contributed by atoms with E-state index in [1.165, 1.54) is 25.7 Å². The van der Waals surface area contributed by atoms with Gasteiger partial charge in [0.2, 0.25) is 5.91 Å². The summed E-state index contributed by atoms with van der Waals surface area (Å²) in [4.78, 5) is 16.3. The molecule has 0 aromatic rings. The van der Waals surface area contributed by atoms with Crippen molar-refractivity contribution >= 4 is 5.91 Å². The van der Waals surface area contributed by atoms with E-state index in [0.717, 1.165) is 32.6 Å². The minimum Gasteiger partial charge on any atom is -0.343 e. The largest absolute Gasteiger partial charge is 0.343 e. The van der Waals surface area contributed by atoms with E-state index in [1.807, 2.05) is 18.7 Å². The van der Waals surface area contributed by atoms with E-state index in [2.05, 4.69) is 11.9 Å². The van der Waals surface area contributed by atoms with Gasteiger partial charge in [0.25, 0.3) is 0 Å². The van der Waals surface area contributed by atoms with Crippen molar-refractivity contribution < 1.29 is 4.79 Å². The molecule has 1 amide bonds. The molecule has 20 heavy (non-hydrogen) atoms. The highest BCUT2D eigenvalue weighted by atomic mass is 16.2. The summed E-state index contributed by atoms with van der Waals surface area (Å²) in [6.45, 7) is 7.54. The lowest BCUT2D eigenvalue weighted by Crippen LogP contribution is -2.43. The number of carbonyl (C=O) groups is 1. The zero-order valence-electron chi connectivity index (χ0n) is 13.6. The first-order valence-electron chi connectivity index (χ1n) is 8.32. The number of nitrogens with zero attached hydrogens (tertiary/aromatic N) is 2. The maximum absolute atomic E-state index is 12.0. The van der Waals surface area contributed by atoms with E-state index >= 15 is 0 Å². The van der Waals surface area contributed by atoms with Crippen molar-refractivity contribution in [1.82, 2.24) is 9.80 Å². The van der Waals surface area contributed by atoms with Gasteiger partial charge < -0.3 is 15.5 Å². The second-order valence-electron chi connectivity index (χ2n) is 6.00. The van der Waals surface area contributed by atoms with E-state index in [9.17, 15) is 4.79 Å². The topological polar surface area (TPSA) is 49.6 Å². The minimum absolute atomic E-state index is 0.294. The summed E-state index contributed by atoms with van der Waals surface area (Å²) in [6.07, 6.45) is 6.81. The minimum atomic E-state index is 0.294. The monoisotopic (exact) mass is 283 g/mol. The second-order valence-corrected chi connectivity index (χ2v) is 6.00. The number of amides is 1. The van der Waals surface area contributed by atoms with Crippen molar-refractivity contribution in [3.63, 3.8) is 0 Å². The molecule has 0 spiro atoms. The fourth-order valence-electron chi connectivity index (χ4n) is 3.42. The Labute approximate surface area is 124 Å². The van der Waals surface area contributed by atoms with Crippen LogP contribution >= 0.6 is 0 Å². The molecule has 0 saturated heterocycles. The van der Waals surface area contributed by atoms with Crippen LogP contribution in [0.2, 0.25) is 0 Å². The molecular formula is C16H33N3O. The third kappa shape index (κ3) is 5.06. The average molecular weight is 283 g/mol. The highest BCUT2D eigenvalue weighted by Crippen LogP contribution is 2.27. The summed E-state index contributed by atoms with van der Waals surface area (Å²) in [5, 5.41) is 0. The number of hydrogen-bond donors (Lipinski definition) is 1. The van der Waals surface area contributed by atoms with Crippen molar-refractivity contribution in [2.24, 2.45) is 11.7 Å². The third-order valence-electron chi connectivity index (χ3n) is 4.76. The van der Waals surface area contributed by atoms with Gasteiger partial charge in [0.05, 0.1) is 0 Å². The van der Waals surface area contributed by atoms with Crippen LogP contribution in [0.3, 0.4) is 0 Å². The van der Waals surface area contributed by atoms with E-state index in [0.29, 0.717) is 24.3 Å². The van der Waals surface area contributed by atoms with Crippen LogP contribution in [0.15, 0.2) is 0 Å². The van der Waals surface area contributed by atoms with Gasteiger partial charge >= 0.3 is 0 Å². The summed E-state index contributed by atoms with van der Waals surface area (Å²) in [7, 11) is 2.19. The first-order chi connectivity index (χ1) is 9.63. The molecule has 0 radical (unpaired) electrons. The zero-order chi connectivity index (χ0) is 15.0. The van der Waals surface area contributed by atoms with Crippen LogP contribution in [-0.4, -0.2) is 55.0 Å². The van der Waals surface area contributed by atoms with Gasteiger partial charge in [-0.15, -0.1) is 0 Å². The van der Waals surface area contributed by atoms with Crippen molar-refractivity contribution in [2.75, 3.05) is 33.2 Å². The Morgan fingerprint density at radius 2 is 1.85 bits per heavy atom. The predicted octanol–water partition coefficient (Wildman–Crippen LogP) is 2.08. The molecule has 2 unspecified atom stereocenters. The zero-order valence-corrected chi connectivity index (χ0v) is 13.6. The molecule has 1 saturated carbocycles. The van der Waals surface area contributed by atoms with Crippen LogP contribution in [0.25, 0.3) is 0 Å². The van der Waals surface area contributed by atoms with Crippen LogP contribution in [0.1, 0.15) is 52.4 Å². The molecule has 1 rings (SSSR count). The summed E-state index contributed by atoms with van der Waals surface area (Å²) in [6, 6.07) is 0.623. The maximum Gasteiger partial charge on any atom is 0.222 e. The SMILES string of the molecule is CCN(CC)C(=O)CCCN(C)C1CCCCC1CN. The van der Waals surface area contributed by atoms with E-state index < -0.39 is 0 Å². The van der Waals surface area contributed by atoms with E-state index in [-0.39, 0.29) is 0 Å².